The van der Waals surface area contributed by atoms with Crippen molar-refractivity contribution < 1.29 is 72.1 Å². The smallest absolute Gasteiger partial charge is 0.748 e. The Morgan fingerprint density at radius 2 is 1.95 bits per heavy atom. The molecule has 1 saturated heterocycles. The van der Waals surface area contributed by atoms with Crippen LogP contribution in [-0.2, 0) is 24.3 Å². The molecule has 5 atom stereocenters. The fourth-order valence-electron chi connectivity index (χ4n) is 1.69. The second kappa shape index (κ2) is 9.40. The number of hydrogen-bond acceptors (Lipinski definition) is 9. The van der Waals surface area contributed by atoms with Crippen LogP contribution >= 0.6 is 0 Å². The van der Waals surface area contributed by atoms with Gasteiger partial charge in [-0.2, -0.15) is 0 Å². The molecular formula is C10H17NaO9S. The maximum absolute atomic E-state index is 10.4. The number of hydrogen-bond donors (Lipinski definition) is 3. The van der Waals surface area contributed by atoms with Gasteiger partial charge in [0.2, 0.25) is 0 Å². The second-order valence-electron chi connectivity index (χ2n) is 4.14. The molecule has 0 aliphatic carbocycles. The van der Waals surface area contributed by atoms with Gasteiger partial charge in [0, 0.05) is 7.11 Å². The molecule has 0 unspecified atom stereocenters. The minimum atomic E-state index is -4.41. The summed E-state index contributed by atoms with van der Waals surface area (Å²) in [5, 5.41) is 28.5. The zero-order valence-corrected chi connectivity index (χ0v) is 14.5. The molecule has 1 aliphatic heterocycles. The molecule has 118 valence electrons. The SMILES string of the molecule is CO[C@H]1O[C@H](CO)[C@@H](O)[C@H](O)[C@H]1OC=CCS(=O)(=O)[O-].[Na+]. The molecule has 1 aliphatic rings. The molecule has 0 amide bonds. The van der Waals surface area contributed by atoms with E-state index < -0.39 is 53.2 Å². The van der Waals surface area contributed by atoms with Gasteiger partial charge in [0.15, 0.2) is 12.4 Å². The fourth-order valence-corrected chi connectivity index (χ4v) is 2.01. The summed E-state index contributed by atoms with van der Waals surface area (Å²) in [6, 6.07) is 0. The summed E-state index contributed by atoms with van der Waals surface area (Å²) in [6.45, 7) is -0.519. The average molecular weight is 336 g/mol. The Labute approximate surface area is 144 Å². The minimum Gasteiger partial charge on any atom is -0.748 e. The van der Waals surface area contributed by atoms with Gasteiger partial charge in [0.1, 0.15) is 18.3 Å². The van der Waals surface area contributed by atoms with Crippen molar-refractivity contribution in [1.82, 2.24) is 0 Å². The van der Waals surface area contributed by atoms with Crippen LogP contribution in [0.15, 0.2) is 12.3 Å². The van der Waals surface area contributed by atoms with Crippen LogP contribution < -0.4 is 29.6 Å². The van der Waals surface area contributed by atoms with Gasteiger partial charge in [-0.3, -0.25) is 0 Å². The van der Waals surface area contributed by atoms with Crippen molar-refractivity contribution in [2.24, 2.45) is 0 Å². The molecule has 1 rings (SSSR count). The standard InChI is InChI=1S/C10H18O9S.Na/c1-17-10-9(18-3-2-4-20(14,15)16)8(13)7(12)6(5-11)19-10;/h2-3,6-13H,4-5H2,1H3,(H,14,15,16);/q;+1/p-1/t6-,7-,8+,9-,10+;/m1./s1. The van der Waals surface area contributed by atoms with Gasteiger partial charge < -0.3 is 34.1 Å². The van der Waals surface area contributed by atoms with E-state index >= 15 is 0 Å². The van der Waals surface area contributed by atoms with Crippen LogP contribution in [0.2, 0.25) is 0 Å². The quantitative estimate of drug-likeness (QED) is 0.246. The Hall–Kier alpha value is 0.250. The van der Waals surface area contributed by atoms with Crippen LogP contribution in [-0.4, -0.2) is 78.5 Å². The van der Waals surface area contributed by atoms with Crippen molar-refractivity contribution >= 4 is 10.1 Å². The van der Waals surface area contributed by atoms with Crippen molar-refractivity contribution in [3.63, 3.8) is 0 Å². The summed E-state index contributed by atoms with van der Waals surface area (Å²) in [5.74, 6) is -0.768. The zero-order chi connectivity index (χ0) is 15.3. The first kappa shape index (κ1) is 21.2. The van der Waals surface area contributed by atoms with Crippen LogP contribution in [0.1, 0.15) is 0 Å². The van der Waals surface area contributed by atoms with Crippen LogP contribution in [0, 0.1) is 0 Å². The topological polar surface area (TPSA) is 146 Å². The Balaban J connectivity index is 0.00000400. The van der Waals surface area contributed by atoms with Crippen molar-refractivity contribution in [2.45, 2.75) is 30.7 Å². The number of aliphatic hydroxyl groups excluding tert-OH is 3. The Morgan fingerprint density at radius 3 is 2.43 bits per heavy atom. The van der Waals surface area contributed by atoms with E-state index in [1.807, 2.05) is 0 Å². The molecule has 0 aromatic rings. The molecular weight excluding hydrogens is 319 g/mol. The van der Waals surface area contributed by atoms with E-state index in [0.29, 0.717) is 0 Å². The fraction of sp³-hybridized carbons (Fsp3) is 0.800. The second-order valence-corrected chi connectivity index (χ2v) is 5.59. The summed E-state index contributed by atoms with van der Waals surface area (Å²) >= 11 is 0. The molecule has 0 radical (unpaired) electrons. The van der Waals surface area contributed by atoms with Crippen LogP contribution in [0.3, 0.4) is 0 Å². The molecule has 1 heterocycles. The van der Waals surface area contributed by atoms with Gasteiger partial charge in [-0.15, -0.1) is 0 Å². The number of methoxy groups -OCH3 is 1. The van der Waals surface area contributed by atoms with Crippen molar-refractivity contribution in [1.29, 1.82) is 0 Å². The molecule has 21 heavy (non-hydrogen) atoms. The van der Waals surface area contributed by atoms with E-state index in [9.17, 15) is 23.2 Å². The van der Waals surface area contributed by atoms with E-state index in [4.69, 9.17) is 19.3 Å². The molecule has 0 aromatic carbocycles. The van der Waals surface area contributed by atoms with E-state index in [1.165, 1.54) is 7.11 Å². The van der Waals surface area contributed by atoms with Gasteiger partial charge >= 0.3 is 29.6 Å². The molecule has 0 bridgehead atoms. The third-order valence-corrected chi connectivity index (χ3v) is 3.29. The zero-order valence-electron chi connectivity index (χ0n) is 11.7. The van der Waals surface area contributed by atoms with Gasteiger partial charge in [-0.05, 0) is 6.08 Å². The number of rotatable bonds is 6. The summed E-state index contributed by atoms with van der Waals surface area (Å²) in [7, 11) is -3.14. The average Bonchev–Trinajstić information content (AvgIpc) is 2.38. The first-order valence-corrected chi connectivity index (χ1v) is 7.27. The first-order chi connectivity index (χ1) is 9.30. The molecule has 1 fully saturated rings. The Morgan fingerprint density at radius 1 is 1.33 bits per heavy atom. The molecule has 0 spiro atoms. The summed E-state index contributed by atoms with van der Waals surface area (Å²) in [5.41, 5.74) is 0. The van der Waals surface area contributed by atoms with Crippen LogP contribution in [0.25, 0.3) is 0 Å². The van der Waals surface area contributed by atoms with Gasteiger partial charge in [-0.1, -0.05) is 0 Å². The van der Waals surface area contributed by atoms with E-state index in [1.54, 1.807) is 0 Å². The molecule has 11 heteroatoms. The molecule has 9 nitrogen and oxygen atoms in total. The number of ether oxygens (including phenoxy) is 3. The molecule has 0 aromatic heterocycles. The van der Waals surface area contributed by atoms with Gasteiger partial charge in [0.25, 0.3) is 0 Å². The van der Waals surface area contributed by atoms with Crippen molar-refractivity contribution in [2.75, 3.05) is 19.5 Å². The predicted molar refractivity (Wildman–Crippen MR) is 63.3 cm³/mol. The maximum atomic E-state index is 10.4. The van der Waals surface area contributed by atoms with Gasteiger partial charge in [0.05, 0.1) is 28.7 Å². The van der Waals surface area contributed by atoms with Crippen LogP contribution in [0.5, 0.6) is 0 Å². The van der Waals surface area contributed by atoms with Gasteiger partial charge in [-0.25, -0.2) is 8.42 Å². The monoisotopic (exact) mass is 336 g/mol. The van der Waals surface area contributed by atoms with Crippen molar-refractivity contribution in [3.05, 3.63) is 12.3 Å². The first-order valence-electron chi connectivity index (χ1n) is 5.69. The number of aliphatic hydroxyl groups is 3. The van der Waals surface area contributed by atoms with Crippen molar-refractivity contribution in [3.8, 4) is 0 Å². The molecule has 3 N–H and O–H groups in total. The predicted octanol–water partition coefficient (Wildman–Crippen LogP) is -5.48. The largest absolute Gasteiger partial charge is 1.00 e. The summed E-state index contributed by atoms with van der Waals surface area (Å²) < 4.78 is 46.2. The normalized spacial score (nSPS) is 33.7. The maximum Gasteiger partial charge on any atom is 1.00 e. The third kappa shape index (κ3) is 6.48. The van der Waals surface area contributed by atoms with E-state index in [0.717, 1.165) is 12.3 Å². The molecule has 0 saturated carbocycles. The Bertz CT molecular complexity index is 424. The summed E-state index contributed by atoms with van der Waals surface area (Å²) in [4.78, 5) is 0. The summed E-state index contributed by atoms with van der Waals surface area (Å²) in [6.07, 6.45) is -4.19. The van der Waals surface area contributed by atoms with E-state index in [-0.39, 0.29) is 29.6 Å². The van der Waals surface area contributed by atoms with Crippen LogP contribution in [0.4, 0.5) is 0 Å². The minimum absolute atomic E-state index is 0. The Kier molecular flexibility index (Phi) is 9.51. The van der Waals surface area contributed by atoms with E-state index in [2.05, 4.69) is 0 Å². The third-order valence-electron chi connectivity index (χ3n) is 2.69.